The van der Waals surface area contributed by atoms with E-state index in [4.69, 9.17) is 5.11 Å². The van der Waals surface area contributed by atoms with Gasteiger partial charge < -0.3 is 15.7 Å². The average molecular weight is 366 g/mol. The Morgan fingerprint density at radius 1 is 1.04 bits per heavy atom. The average Bonchev–Trinajstić information content (AvgIpc) is 3.38. The molecule has 3 N–H and O–H groups in total. The van der Waals surface area contributed by atoms with E-state index in [1.807, 2.05) is 13.0 Å². The first-order valence-corrected chi connectivity index (χ1v) is 8.95. The van der Waals surface area contributed by atoms with Crippen LogP contribution in [0.25, 0.3) is 0 Å². The number of anilines is 2. The van der Waals surface area contributed by atoms with Crippen molar-refractivity contribution in [2.24, 2.45) is 11.8 Å². The summed E-state index contributed by atoms with van der Waals surface area (Å²) in [7, 11) is 0. The molecule has 2 atom stereocenters. The number of carbonyl (C=O) groups is 3. The molecule has 140 valence electrons. The van der Waals surface area contributed by atoms with Crippen molar-refractivity contribution < 1.29 is 19.5 Å². The van der Waals surface area contributed by atoms with Crippen LogP contribution in [-0.2, 0) is 16.0 Å². The van der Waals surface area contributed by atoms with Gasteiger partial charge in [0.25, 0.3) is 5.91 Å². The van der Waals surface area contributed by atoms with Gasteiger partial charge in [0, 0.05) is 29.3 Å². The third-order valence-corrected chi connectivity index (χ3v) is 4.67. The maximum atomic E-state index is 12.4. The van der Waals surface area contributed by atoms with Gasteiger partial charge in [0.1, 0.15) is 0 Å². The molecule has 6 heteroatoms. The molecule has 2 aromatic carbocycles. The number of carboxylic acid groups (broad SMARTS) is 1. The summed E-state index contributed by atoms with van der Waals surface area (Å²) < 4.78 is 0. The fourth-order valence-electron chi connectivity index (χ4n) is 2.89. The Kier molecular flexibility index (Phi) is 5.54. The topological polar surface area (TPSA) is 95.5 Å². The molecule has 0 radical (unpaired) electrons. The van der Waals surface area contributed by atoms with Crippen LogP contribution < -0.4 is 10.6 Å². The molecule has 1 aliphatic carbocycles. The molecule has 0 spiro atoms. The second-order valence-corrected chi connectivity index (χ2v) is 6.93. The highest BCUT2D eigenvalue weighted by atomic mass is 16.4. The first-order chi connectivity index (χ1) is 12.9. The van der Waals surface area contributed by atoms with E-state index < -0.39 is 5.97 Å². The van der Waals surface area contributed by atoms with Gasteiger partial charge >= 0.3 is 5.97 Å². The molecule has 0 heterocycles. The number of aryl methyl sites for hydroxylation is 1. The smallest absolute Gasteiger partial charge is 0.303 e. The van der Waals surface area contributed by atoms with Crippen LogP contribution in [0.2, 0.25) is 0 Å². The number of nitrogens with one attached hydrogen (secondary N) is 2. The van der Waals surface area contributed by atoms with Crippen molar-refractivity contribution in [1.29, 1.82) is 0 Å². The largest absolute Gasteiger partial charge is 0.481 e. The predicted octanol–water partition coefficient (Wildman–Crippen LogP) is 3.55. The number of hydrogen-bond acceptors (Lipinski definition) is 3. The third kappa shape index (κ3) is 5.17. The Balaban J connectivity index is 1.58. The lowest BCUT2D eigenvalue weighted by atomic mass is 10.1. The molecule has 2 amide bonds. The van der Waals surface area contributed by atoms with E-state index in [-0.39, 0.29) is 24.2 Å². The standard InChI is InChI=1S/C21H22N2O4/c1-13-11-18(13)21(27)22-16-8-6-15(7-9-16)20(26)23-17-4-2-3-14(12-17)5-10-19(24)25/h2-4,6-9,12-13,18H,5,10-11H2,1H3,(H,22,27)(H,23,26)(H,24,25). The van der Waals surface area contributed by atoms with Crippen LogP contribution >= 0.6 is 0 Å². The van der Waals surface area contributed by atoms with Gasteiger partial charge in [-0.25, -0.2) is 0 Å². The van der Waals surface area contributed by atoms with E-state index in [0.717, 1.165) is 12.0 Å². The molecule has 3 rings (SSSR count). The molecule has 6 nitrogen and oxygen atoms in total. The molecule has 1 aliphatic rings. The molecule has 2 aromatic rings. The van der Waals surface area contributed by atoms with Crippen molar-refractivity contribution in [3.63, 3.8) is 0 Å². The highest BCUT2D eigenvalue weighted by Gasteiger charge is 2.39. The molecule has 2 unspecified atom stereocenters. The van der Waals surface area contributed by atoms with Crippen molar-refractivity contribution >= 4 is 29.2 Å². The second-order valence-electron chi connectivity index (χ2n) is 6.93. The Bertz CT molecular complexity index is 861. The molecule has 1 saturated carbocycles. The lowest BCUT2D eigenvalue weighted by Crippen LogP contribution is -2.15. The summed E-state index contributed by atoms with van der Waals surface area (Å²) in [6, 6.07) is 13.9. The summed E-state index contributed by atoms with van der Waals surface area (Å²) in [6.45, 7) is 2.05. The number of amides is 2. The van der Waals surface area contributed by atoms with Crippen molar-refractivity contribution in [1.82, 2.24) is 0 Å². The summed E-state index contributed by atoms with van der Waals surface area (Å²) >= 11 is 0. The number of rotatable bonds is 7. The number of hydrogen-bond donors (Lipinski definition) is 3. The highest BCUT2D eigenvalue weighted by molar-refractivity contribution is 6.04. The Hall–Kier alpha value is -3.15. The van der Waals surface area contributed by atoms with Gasteiger partial charge in [-0.15, -0.1) is 0 Å². The third-order valence-electron chi connectivity index (χ3n) is 4.67. The molecular formula is C21H22N2O4. The molecule has 0 saturated heterocycles. The lowest BCUT2D eigenvalue weighted by molar-refractivity contribution is -0.137. The summed E-state index contributed by atoms with van der Waals surface area (Å²) in [5, 5.41) is 14.4. The van der Waals surface area contributed by atoms with Gasteiger partial charge in [0.05, 0.1) is 0 Å². The molecule has 0 bridgehead atoms. The van der Waals surface area contributed by atoms with Gasteiger partial charge in [-0.1, -0.05) is 19.1 Å². The van der Waals surface area contributed by atoms with E-state index in [1.165, 1.54) is 0 Å². The summed E-state index contributed by atoms with van der Waals surface area (Å²) in [5.74, 6) is -0.549. The second kappa shape index (κ2) is 8.03. The van der Waals surface area contributed by atoms with E-state index in [0.29, 0.717) is 29.3 Å². The number of aliphatic carboxylic acids is 1. The molecule has 0 aliphatic heterocycles. The minimum absolute atomic E-state index is 0.0258. The van der Waals surface area contributed by atoms with Crippen LogP contribution in [0.5, 0.6) is 0 Å². The number of benzene rings is 2. The fourth-order valence-corrected chi connectivity index (χ4v) is 2.89. The van der Waals surface area contributed by atoms with Crippen LogP contribution in [0.3, 0.4) is 0 Å². The molecule has 27 heavy (non-hydrogen) atoms. The zero-order chi connectivity index (χ0) is 19.4. The molecule has 1 fully saturated rings. The SMILES string of the molecule is CC1CC1C(=O)Nc1ccc(C(=O)Nc2cccc(CCC(=O)O)c2)cc1. The monoisotopic (exact) mass is 366 g/mol. The van der Waals surface area contributed by atoms with Crippen LogP contribution in [-0.4, -0.2) is 22.9 Å². The number of carboxylic acids is 1. The zero-order valence-corrected chi connectivity index (χ0v) is 15.1. The van der Waals surface area contributed by atoms with E-state index in [1.54, 1.807) is 42.5 Å². The Morgan fingerprint density at radius 3 is 2.37 bits per heavy atom. The van der Waals surface area contributed by atoms with Crippen molar-refractivity contribution in [2.75, 3.05) is 10.6 Å². The van der Waals surface area contributed by atoms with Crippen molar-refractivity contribution in [3.05, 3.63) is 59.7 Å². The Morgan fingerprint density at radius 2 is 1.74 bits per heavy atom. The predicted molar refractivity (Wildman–Crippen MR) is 103 cm³/mol. The molecular weight excluding hydrogens is 344 g/mol. The normalized spacial score (nSPS) is 17.8. The quantitative estimate of drug-likeness (QED) is 0.698. The number of carbonyl (C=O) groups excluding carboxylic acids is 2. The maximum Gasteiger partial charge on any atom is 0.303 e. The maximum absolute atomic E-state index is 12.4. The van der Waals surface area contributed by atoms with Gasteiger partial charge in [-0.05, 0) is 60.7 Å². The summed E-state index contributed by atoms with van der Waals surface area (Å²) in [4.78, 5) is 35.0. The van der Waals surface area contributed by atoms with E-state index in [2.05, 4.69) is 10.6 Å². The van der Waals surface area contributed by atoms with Crippen LogP contribution in [0.1, 0.15) is 35.7 Å². The van der Waals surface area contributed by atoms with Crippen LogP contribution in [0.15, 0.2) is 48.5 Å². The van der Waals surface area contributed by atoms with Gasteiger partial charge in [-0.2, -0.15) is 0 Å². The highest BCUT2D eigenvalue weighted by Crippen LogP contribution is 2.38. The minimum Gasteiger partial charge on any atom is -0.481 e. The lowest BCUT2D eigenvalue weighted by Gasteiger charge is -2.09. The minimum atomic E-state index is -0.854. The summed E-state index contributed by atoms with van der Waals surface area (Å²) in [5.41, 5.74) is 2.61. The van der Waals surface area contributed by atoms with Gasteiger partial charge in [0.15, 0.2) is 0 Å². The fraction of sp³-hybridized carbons (Fsp3) is 0.286. The van der Waals surface area contributed by atoms with E-state index in [9.17, 15) is 14.4 Å². The van der Waals surface area contributed by atoms with Crippen molar-refractivity contribution in [2.45, 2.75) is 26.2 Å². The van der Waals surface area contributed by atoms with Gasteiger partial charge in [-0.3, -0.25) is 14.4 Å². The first kappa shape index (κ1) is 18.6. The van der Waals surface area contributed by atoms with E-state index >= 15 is 0 Å². The van der Waals surface area contributed by atoms with Crippen LogP contribution in [0.4, 0.5) is 11.4 Å². The van der Waals surface area contributed by atoms with Gasteiger partial charge in [0.2, 0.25) is 5.91 Å². The molecule has 0 aromatic heterocycles. The zero-order valence-electron chi connectivity index (χ0n) is 15.1. The van der Waals surface area contributed by atoms with Crippen molar-refractivity contribution in [3.8, 4) is 0 Å². The Labute approximate surface area is 157 Å². The summed E-state index contributed by atoms with van der Waals surface area (Å²) in [6.07, 6.45) is 1.38. The van der Waals surface area contributed by atoms with Crippen LogP contribution in [0, 0.1) is 11.8 Å². The first-order valence-electron chi connectivity index (χ1n) is 8.95.